The molecule has 1 saturated carbocycles. The third-order valence-corrected chi connectivity index (χ3v) is 3.12. The minimum absolute atomic E-state index is 0.694. The molecular weight excluding hydrogens is 210 g/mol. The van der Waals surface area contributed by atoms with E-state index in [1.165, 1.54) is 6.42 Å². The van der Waals surface area contributed by atoms with E-state index in [4.69, 9.17) is 11.6 Å². The van der Waals surface area contributed by atoms with Gasteiger partial charge < -0.3 is 10.4 Å². The molecule has 3 heteroatoms. The van der Waals surface area contributed by atoms with Crippen molar-refractivity contribution in [2.45, 2.75) is 37.8 Å². The molecule has 0 radical (unpaired) electrons. The number of aliphatic hydroxyl groups is 1. The van der Waals surface area contributed by atoms with Crippen LogP contribution in [0, 0.1) is 0 Å². The average molecular weight is 226 g/mol. The Bertz CT molecular complexity index is 334. The van der Waals surface area contributed by atoms with E-state index in [2.05, 4.69) is 5.32 Å². The highest BCUT2D eigenvalue weighted by molar-refractivity contribution is 6.30. The van der Waals surface area contributed by atoms with Gasteiger partial charge in [0.25, 0.3) is 0 Å². The molecule has 1 aromatic rings. The SMILES string of the molecule is OC1(Nc2cccc(Cl)c2)CCCCC1. The Hall–Kier alpha value is -0.730. The maximum Gasteiger partial charge on any atom is 0.135 e. The monoisotopic (exact) mass is 225 g/mol. The predicted octanol–water partition coefficient (Wildman–Crippen LogP) is 3.40. The molecule has 2 rings (SSSR count). The van der Waals surface area contributed by atoms with Crippen LogP contribution >= 0.6 is 11.6 Å². The second kappa shape index (κ2) is 4.42. The molecule has 1 aliphatic carbocycles. The summed E-state index contributed by atoms with van der Waals surface area (Å²) in [5.41, 5.74) is 0.162. The summed E-state index contributed by atoms with van der Waals surface area (Å²) in [6.07, 6.45) is 5.03. The van der Waals surface area contributed by atoms with Crippen LogP contribution in [0.25, 0.3) is 0 Å². The second-order valence-electron chi connectivity index (χ2n) is 4.23. The van der Waals surface area contributed by atoms with Gasteiger partial charge in [0.15, 0.2) is 0 Å². The van der Waals surface area contributed by atoms with E-state index in [1.807, 2.05) is 24.3 Å². The summed E-state index contributed by atoms with van der Waals surface area (Å²) in [5.74, 6) is 0. The van der Waals surface area contributed by atoms with E-state index in [0.29, 0.717) is 5.02 Å². The highest BCUT2D eigenvalue weighted by Crippen LogP contribution is 2.29. The zero-order valence-corrected chi connectivity index (χ0v) is 9.43. The molecule has 1 fully saturated rings. The maximum absolute atomic E-state index is 10.3. The smallest absolute Gasteiger partial charge is 0.135 e. The number of hydrogen-bond donors (Lipinski definition) is 2. The van der Waals surface area contributed by atoms with Crippen molar-refractivity contribution in [3.8, 4) is 0 Å². The molecule has 0 aliphatic heterocycles. The van der Waals surface area contributed by atoms with Crippen molar-refractivity contribution in [3.63, 3.8) is 0 Å². The van der Waals surface area contributed by atoms with Crippen molar-refractivity contribution in [1.29, 1.82) is 0 Å². The largest absolute Gasteiger partial charge is 0.371 e. The van der Waals surface area contributed by atoms with Crippen LogP contribution in [0.1, 0.15) is 32.1 Å². The topological polar surface area (TPSA) is 32.3 Å². The van der Waals surface area contributed by atoms with Gasteiger partial charge in [0, 0.05) is 10.7 Å². The maximum atomic E-state index is 10.3. The molecule has 0 atom stereocenters. The summed E-state index contributed by atoms with van der Waals surface area (Å²) in [6, 6.07) is 7.49. The van der Waals surface area contributed by atoms with Gasteiger partial charge in [0.2, 0.25) is 0 Å². The van der Waals surface area contributed by atoms with Gasteiger partial charge in [-0.15, -0.1) is 0 Å². The number of hydrogen-bond acceptors (Lipinski definition) is 2. The lowest BCUT2D eigenvalue weighted by molar-refractivity contribution is 0.0317. The minimum atomic E-state index is -0.733. The number of halogens is 1. The molecule has 0 aromatic heterocycles. The minimum Gasteiger partial charge on any atom is -0.371 e. The summed E-state index contributed by atoms with van der Waals surface area (Å²) in [5, 5.41) is 14.1. The summed E-state index contributed by atoms with van der Waals surface area (Å²) in [6.45, 7) is 0. The Balaban J connectivity index is 2.06. The first-order valence-electron chi connectivity index (χ1n) is 5.44. The van der Waals surface area contributed by atoms with Gasteiger partial charge in [-0.3, -0.25) is 0 Å². The quantitative estimate of drug-likeness (QED) is 0.757. The fourth-order valence-corrected chi connectivity index (χ4v) is 2.29. The molecule has 0 spiro atoms. The molecule has 1 aromatic carbocycles. The van der Waals surface area contributed by atoms with Gasteiger partial charge in [-0.1, -0.05) is 24.1 Å². The van der Waals surface area contributed by atoms with Crippen LogP contribution in [0.5, 0.6) is 0 Å². The average Bonchev–Trinajstić information content (AvgIpc) is 2.18. The zero-order chi connectivity index (χ0) is 10.7. The molecule has 0 heterocycles. The fourth-order valence-electron chi connectivity index (χ4n) is 2.10. The Morgan fingerprint density at radius 3 is 2.60 bits per heavy atom. The third-order valence-electron chi connectivity index (χ3n) is 2.88. The second-order valence-corrected chi connectivity index (χ2v) is 4.66. The first-order chi connectivity index (χ1) is 7.18. The Morgan fingerprint density at radius 1 is 1.20 bits per heavy atom. The van der Waals surface area contributed by atoms with Crippen molar-refractivity contribution in [3.05, 3.63) is 29.3 Å². The van der Waals surface area contributed by atoms with Crippen molar-refractivity contribution >= 4 is 17.3 Å². The number of nitrogens with one attached hydrogen (secondary N) is 1. The molecule has 0 amide bonds. The Labute approximate surface area is 95.3 Å². The van der Waals surface area contributed by atoms with Crippen molar-refractivity contribution in [1.82, 2.24) is 0 Å². The molecular formula is C12H16ClNO. The van der Waals surface area contributed by atoms with Gasteiger partial charge in [0.1, 0.15) is 5.72 Å². The number of benzene rings is 1. The van der Waals surface area contributed by atoms with Gasteiger partial charge in [-0.05, 0) is 43.9 Å². The van der Waals surface area contributed by atoms with Crippen LogP contribution in [0.4, 0.5) is 5.69 Å². The molecule has 2 N–H and O–H groups in total. The van der Waals surface area contributed by atoms with Gasteiger partial charge in [-0.25, -0.2) is 0 Å². The van der Waals surface area contributed by atoms with Crippen LogP contribution in [-0.4, -0.2) is 10.8 Å². The van der Waals surface area contributed by atoms with Crippen molar-refractivity contribution in [2.75, 3.05) is 5.32 Å². The Kier molecular flexibility index (Phi) is 3.17. The summed E-state index contributed by atoms with van der Waals surface area (Å²) < 4.78 is 0. The Morgan fingerprint density at radius 2 is 1.93 bits per heavy atom. The van der Waals surface area contributed by atoms with E-state index < -0.39 is 5.72 Å². The van der Waals surface area contributed by atoms with Crippen molar-refractivity contribution < 1.29 is 5.11 Å². The number of rotatable bonds is 2. The van der Waals surface area contributed by atoms with E-state index in [1.54, 1.807) is 0 Å². The van der Waals surface area contributed by atoms with Crippen LogP contribution < -0.4 is 5.32 Å². The molecule has 0 unspecified atom stereocenters. The fraction of sp³-hybridized carbons (Fsp3) is 0.500. The highest BCUT2D eigenvalue weighted by atomic mass is 35.5. The first kappa shape index (κ1) is 10.8. The molecule has 15 heavy (non-hydrogen) atoms. The first-order valence-corrected chi connectivity index (χ1v) is 5.82. The highest BCUT2D eigenvalue weighted by Gasteiger charge is 2.28. The van der Waals surface area contributed by atoms with Crippen LogP contribution in [-0.2, 0) is 0 Å². The molecule has 1 aliphatic rings. The van der Waals surface area contributed by atoms with Crippen LogP contribution in [0.2, 0.25) is 5.02 Å². The van der Waals surface area contributed by atoms with Crippen molar-refractivity contribution in [2.24, 2.45) is 0 Å². The third kappa shape index (κ3) is 2.86. The van der Waals surface area contributed by atoms with Crippen LogP contribution in [0.3, 0.4) is 0 Å². The van der Waals surface area contributed by atoms with E-state index in [0.717, 1.165) is 31.4 Å². The van der Waals surface area contributed by atoms with E-state index >= 15 is 0 Å². The molecule has 0 bridgehead atoms. The van der Waals surface area contributed by atoms with Gasteiger partial charge >= 0.3 is 0 Å². The lowest BCUT2D eigenvalue weighted by Gasteiger charge is -2.33. The van der Waals surface area contributed by atoms with Gasteiger partial charge in [0.05, 0.1) is 0 Å². The standard InChI is InChI=1S/C12H16ClNO/c13-10-5-4-6-11(9-10)14-12(15)7-2-1-3-8-12/h4-6,9,14-15H,1-3,7-8H2. The van der Waals surface area contributed by atoms with E-state index in [9.17, 15) is 5.11 Å². The summed E-state index contributed by atoms with van der Waals surface area (Å²) in [7, 11) is 0. The molecule has 82 valence electrons. The summed E-state index contributed by atoms with van der Waals surface area (Å²) >= 11 is 5.89. The summed E-state index contributed by atoms with van der Waals surface area (Å²) in [4.78, 5) is 0. The van der Waals surface area contributed by atoms with E-state index in [-0.39, 0.29) is 0 Å². The lowest BCUT2D eigenvalue weighted by atomic mass is 9.91. The lowest BCUT2D eigenvalue weighted by Crippen LogP contribution is -2.39. The normalized spacial score (nSPS) is 19.9. The predicted molar refractivity (Wildman–Crippen MR) is 63.1 cm³/mol. The van der Waals surface area contributed by atoms with Gasteiger partial charge in [-0.2, -0.15) is 0 Å². The molecule has 0 saturated heterocycles. The molecule has 2 nitrogen and oxygen atoms in total. The van der Waals surface area contributed by atoms with Crippen LogP contribution in [0.15, 0.2) is 24.3 Å². The number of anilines is 1. The zero-order valence-electron chi connectivity index (χ0n) is 8.67.